The van der Waals surface area contributed by atoms with Crippen molar-refractivity contribution in [2.24, 2.45) is 0 Å². The molecule has 2 aromatic carbocycles. The van der Waals surface area contributed by atoms with E-state index in [4.69, 9.17) is 9.84 Å². The maximum atomic E-state index is 13.0. The molecular formula is C21H13F3N4O3. The summed E-state index contributed by atoms with van der Waals surface area (Å²) in [5.74, 6) is 0.577. The van der Waals surface area contributed by atoms with Crippen molar-refractivity contribution >= 4 is 22.7 Å². The third-order valence-electron chi connectivity index (χ3n) is 4.31. The van der Waals surface area contributed by atoms with E-state index in [1.54, 1.807) is 18.3 Å². The highest BCUT2D eigenvalue weighted by molar-refractivity contribution is 5.90. The fourth-order valence-electron chi connectivity index (χ4n) is 2.94. The highest BCUT2D eigenvalue weighted by Crippen LogP contribution is 2.36. The van der Waals surface area contributed by atoms with Gasteiger partial charge in [0.25, 0.3) is 0 Å². The zero-order valence-electron chi connectivity index (χ0n) is 15.6. The van der Waals surface area contributed by atoms with Crippen LogP contribution in [0.5, 0.6) is 11.6 Å². The van der Waals surface area contributed by atoms with Gasteiger partial charge < -0.3 is 9.84 Å². The summed E-state index contributed by atoms with van der Waals surface area (Å²) in [6.07, 6.45) is -3.31. The number of anilines is 1. The van der Waals surface area contributed by atoms with Crippen LogP contribution in [-0.4, -0.2) is 26.2 Å². The predicted molar refractivity (Wildman–Crippen MR) is 106 cm³/mol. The zero-order valence-corrected chi connectivity index (χ0v) is 15.6. The predicted octanol–water partition coefficient (Wildman–Crippen LogP) is 5.59. The van der Waals surface area contributed by atoms with Gasteiger partial charge in [-0.3, -0.25) is 10.3 Å². The number of nitrogens with one attached hydrogen (secondary N) is 1. The summed E-state index contributed by atoms with van der Waals surface area (Å²) in [7, 11) is 0. The number of ether oxygens (including phenoxy) is 1. The Morgan fingerprint density at radius 3 is 2.61 bits per heavy atom. The van der Waals surface area contributed by atoms with Gasteiger partial charge in [-0.15, -0.1) is 0 Å². The third-order valence-corrected chi connectivity index (χ3v) is 4.31. The molecule has 7 nitrogen and oxygen atoms in total. The fourth-order valence-corrected chi connectivity index (χ4v) is 2.94. The molecule has 0 radical (unpaired) electrons. The Morgan fingerprint density at radius 2 is 1.84 bits per heavy atom. The highest BCUT2D eigenvalue weighted by Gasteiger charge is 2.31. The minimum atomic E-state index is -4.63. The highest BCUT2D eigenvalue weighted by atomic mass is 19.4. The van der Waals surface area contributed by atoms with E-state index in [-0.39, 0.29) is 22.8 Å². The molecule has 2 heterocycles. The number of hydrogen-bond donors (Lipinski definition) is 2. The number of amides is 1. The summed E-state index contributed by atoms with van der Waals surface area (Å²) in [6, 6.07) is 13.1. The Hall–Kier alpha value is -4.21. The topological polar surface area (TPSA) is 97.2 Å². The van der Waals surface area contributed by atoms with Crippen LogP contribution in [0.25, 0.3) is 22.2 Å². The van der Waals surface area contributed by atoms with Crippen molar-refractivity contribution in [2.45, 2.75) is 6.18 Å². The van der Waals surface area contributed by atoms with Gasteiger partial charge in [0, 0.05) is 29.3 Å². The first kappa shape index (κ1) is 20.1. The Kier molecular flexibility index (Phi) is 5.12. The Morgan fingerprint density at radius 1 is 1.00 bits per heavy atom. The minimum absolute atomic E-state index is 0.126. The van der Waals surface area contributed by atoms with Crippen molar-refractivity contribution < 1.29 is 27.8 Å². The summed E-state index contributed by atoms with van der Waals surface area (Å²) < 4.78 is 44.8. The summed E-state index contributed by atoms with van der Waals surface area (Å²) >= 11 is 0. The van der Waals surface area contributed by atoms with Crippen LogP contribution in [0.2, 0.25) is 0 Å². The maximum absolute atomic E-state index is 13.0. The van der Waals surface area contributed by atoms with Crippen molar-refractivity contribution in [2.75, 3.05) is 5.32 Å². The van der Waals surface area contributed by atoms with E-state index < -0.39 is 17.8 Å². The molecule has 0 fully saturated rings. The Labute approximate surface area is 173 Å². The molecule has 0 saturated heterocycles. The molecule has 4 rings (SSSR count). The van der Waals surface area contributed by atoms with Gasteiger partial charge in [-0.05, 0) is 30.3 Å². The van der Waals surface area contributed by atoms with Gasteiger partial charge in [-0.1, -0.05) is 12.1 Å². The van der Waals surface area contributed by atoms with Gasteiger partial charge in [-0.2, -0.15) is 13.2 Å². The molecule has 156 valence electrons. The molecule has 1 amide bonds. The number of pyridine rings is 1. The molecular weight excluding hydrogens is 413 g/mol. The van der Waals surface area contributed by atoms with E-state index in [0.29, 0.717) is 17.3 Å². The fraction of sp³-hybridized carbons (Fsp3) is 0.0476. The van der Waals surface area contributed by atoms with E-state index in [2.05, 4.69) is 15.0 Å². The molecule has 2 aromatic heterocycles. The number of benzene rings is 2. The van der Waals surface area contributed by atoms with Crippen molar-refractivity contribution in [3.63, 3.8) is 0 Å². The smallest absolute Gasteiger partial charge is 0.416 e. The molecule has 10 heteroatoms. The standard InChI is InChI=1S/C21H13F3N4O3/c22-21(23,24)13-4-6-15(18(8-13)28-20(29)30)17-10-19(27-11-26-17)31-14-5-3-12-2-1-7-25-16(12)9-14/h1-11,28H,(H,29,30). The largest absolute Gasteiger partial charge is 0.465 e. The van der Waals surface area contributed by atoms with E-state index in [9.17, 15) is 18.0 Å². The van der Waals surface area contributed by atoms with E-state index in [0.717, 1.165) is 17.5 Å². The molecule has 0 bridgehead atoms. The monoisotopic (exact) mass is 426 g/mol. The van der Waals surface area contributed by atoms with Crippen LogP contribution in [0, 0.1) is 0 Å². The average Bonchev–Trinajstić information content (AvgIpc) is 2.73. The van der Waals surface area contributed by atoms with Crippen LogP contribution in [0.1, 0.15) is 5.56 Å². The molecule has 0 aliphatic rings. The quantitative estimate of drug-likeness (QED) is 0.441. The number of fused-ring (bicyclic) bond motifs is 1. The molecule has 0 spiro atoms. The number of carbonyl (C=O) groups is 1. The van der Waals surface area contributed by atoms with Gasteiger partial charge in [-0.25, -0.2) is 14.8 Å². The molecule has 0 saturated carbocycles. The Balaban J connectivity index is 1.69. The number of carboxylic acid groups (broad SMARTS) is 1. The molecule has 4 aromatic rings. The second kappa shape index (κ2) is 7.90. The second-order valence-electron chi connectivity index (χ2n) is 6.39. The van der Waals surface area contributed by atoms with Crippen LogP contribution in [0.15, 0.2) is 67.1 Å². The number of alkyl halides is 3. The van der Waals surface area contributed by atoms with Crippen molar-refractivity contribution in [3.8, 4) is 22.9 Å². The normalized spacial score (nSPS) is 11.3. The summed E-state index contributed by atoms with van der Waals surface area (Å²) in [4.78, 5) is 23.4. The molecule has 0 unspecified atom stereocenters. The molecule has 0 aliphatic heterocycles. The number of hydrogen-bond acceptors (Lipinski definition) is 5. The van der Waals surface area contributed by atoms with Gasteiger partial charge in [0.1, 0.15) is 12.1 Å². The van der Waals surface area contributed by atoms with E-state index >= 15 is 0 Å². The van der Waals surface area contributed by atoms with Crippen LogP contribution < -0.4 is 10.1 Å². The van der Waals surface area contributed by atoms with Crippen molar-refractivity contribution in [1.29, 1.82) is 0 Å². The van der Waals surface area contributed by atoms with Gasteiger partial charge in [0.05, 0.1) is 22.5 Å². The molecule has 2 N–H and O–H groups in total. The average molecular weight is 426 g/mol. The van der Waals surface area contributed by atoms with E-state index in [1.807, 2.05) is 23.5 Å². The molecule has 0 aliphatic carbocycles. The lowest BCUT2D eigenvalue weighted by Gasteiger charge is -2.13. The van der Waals surface area contributed by atoms with Gasteiger partial charge >= 0.3 is 12.3 Å². The van der Waals surface area contributed by atoms with Crippen LogP contribution >= 0.6 is 0 Å². The lowest BCUT2D eigenvalue weighted by Crippen LogP contribution is -2.11. The van der Waals surface area contributed by atoms with Crippen LogP contribution in [0.4, 0.5) is 23.7 Å². The van der Waals surface area contributed by atoms with Gasteiger partial charge in [0.15, 0.2) is 0 Å². The number of rotatable bonds is 4. The summed E-state index contributed by atoms with van der Waals surface area (Å²) in [5, 5.41) is 11.9. The van der Waals surface area contributed by atoms with Crippen LogP contribution in [0.3, 0.4) is 0 Å². The number of nitrogens with zero attached hydrogens (tertiary/aromatic N) is 3. The first-order chi connectivity index (χ1) is 14.8. The molecule has 0 atom stereocenters. The maximum Gasteiger partial charge on any atom is 0.416 e. The van der Waals surface area contributed by atoms with Crippen LogP contribution in [-0.2, 0) is 6.18 Å². The number of aromatic nitrogens is 3. The number of halogens is 3. The Bertz CT molecular complexity index is 1280. The summed E-state index contributed by atoms with van der Waals surface area (Å²) in [6.45, 7) is 0. The minimum Gasteiger partial charge on any atom is -0.465 e. The lowest BCUT2D eigenvalue weighted by atomic mass is 10.1. The third kappa shape index (κ3) is 4.53. The van der Waals surface area contributed by atoms with Gasteiger partial charge in [0.2, 0.25) is 5.88 Å². The first-order valence-corrected chi connectivity index (χ1v) is 8.86. The lowest BCUT2D eigenvalue weighted by molar-refractivity contribution is -0.137. The molecule has 31 heavy (non-hydrogen) atoms. The SMILES string of the molecule is O=C(O)Nc1cc(C(F)(F)F)ccc1-c1cc(Oc2ccc3cccnc3c2)ncn1. The first-order valence-electron chi connectivity index (χ1n) is 8.86. The second-order valence-corrected chi connectivity index (χ2v) is 6.39. The van der Waals surface area contributed by atoms with E-state index in [1.165, 1.54) is 12.4 Å². The summed E-state index contributed by atoms with van der Waals surface area (Å²) in [5.41, 5.74) is -0.217. The van der Waals surface area contributed by atoms with Crippen molar-refractivity contribution in [3.05, 3.63) is 72.7 Å². The zero-order chi connectivity index (χ0) is 22.0. The van der Waals surface area contributed by atoms with Crippen molar-refractivity contribution in [1.82, 2.24) is 15.0 Å².